The Labute approximate surface area is 185 Å². The molecule has 164 valence electrons. The maximum absolute atomic E-state index is 13.2. The van der Waals surface area contributed by atoms with Gasteiger partial charge in [-0.15, -0.1) is 0 Å². The van der Waals surface area contributed by atoms with E-state index in [1.165, 1.54) is 12.1 Å². The quantitative estimate of drug-likeness (QED) is 0.615. The average molecular weight is 433 g/mol. The number of aryl methyl sites for hydroxylation is 1. The number of pyridine rings is 1. The Kier molecular flexibility index (Phi) is 5.77. The number of aromatic nitrogens is 3. The molecule has 9 heteroatoms. The first-order valence-corrected chi connectivity index (χ1v) is 10.4. The lowest BCUT2D eigenvalue weighted by molar-refractivity contribution is 0.100. The molecule has 32 heavy (non-hydrogen) atoms. The first kappa shape index (κ1) is 21.3. The van der Waals surface area contributed by atoms with Crippen LogP contribution in [0, 0.1) is 24.1 Å². The highest BCUT2D eigenvalue weighted by Gasteiger charge is 2.38. The van der Waals surface area contributed by atoms with E-state index in [4.69, 9.17) is 5.73 Å². The molecule has 0 bridgehead atoms. The Morgan fingerprint density at radius 3 is 2.59 bits per heavy atom. The molecule has 1 aliphatic heterocycles. The van der Waals surface area contributed by atoms with Gasteiger partial charge in [0.1, 0.15) is 17.2 Å². The van der Waals surface area contributed by atoms with E-state index < -0.39 is 11.4 Å². The van der Waals surface area contributed by atoms with Crippen molar-refractivity contribution in [2.24, 2.45) is 5.73 Å². The van der Waals surface area contributed by atoms with Crippen molar-refractivity contribution in [1.29, 1.82) is 5.26 Å². The molecule has 1 amide bonds. The van der Waals surface area contributed by atoms with E-state index in [-0.39, 0.29) is 23.6 Å². The lowest BCUT2D eigenvalue weighted by Crippen LogP contribution is -2.46. The monoisotopic (exact) mass is 433 g/mol. The fourth-order valence-corrected chi connectivity index (χ4v) is 4.05. The number of nitrogens with two attached hydrogens (primary N) is 1. The molecule has 0 spiro atoms. The summed E-state index contributed by atoms with van der Waals surface area (Å²) in [4.78, 5) is 18.9. The molecule has 0 aliphatic carbocycles. The van der Waals surface area contributed by atoms with E-state index in [0.717, 1.165) is 11.5 Å². The van der Waals surface area contributed by atoms with Crippen LogP contribution in [-0.2, 0) is 5.54 Å². The van der Waals surface area contributed by atoms with E-state index in [9.17, 15) is 14.4 Å². The topological polar surface area (TPSA) is 113 Å². The molecule has 0 radical (unpaired) electrons. The Bertz CT molecular complexity index is 1160. The summed E-state index contributed by atoms with van der Waals surface area (Å²) >= 11 is 0. The molecule has 2 aromatic heterocycles. The van der Waals surface area contributed by atoms with Gasteiger partial charge in [0.25, 0.3) is 5.91 Å². The molecule has 4 rings (SSSR count). The number of halogens is 1. The summed E-state index contributed by atoms with van der Waals surface area (Å²) in [6, 6.07) is 13.9. The third kappa shape index (κ3) is 4.25. The Morgan fingerprint density at radius 1 is 1.25 bits per heavy atom. The van der Waals surface area contributed by atoms with Gasteiger partial charge in [0.05, 0.1) is 18.0 Å². The van der Waals surface area contributed by atoms with Crippen molar-refractivity contribution in [3.05, 3.63) is 65.7 Å². The van der Waals surface area contributed by atoms with Gasteiger partial charge < -0.3 is 16.0 Å². The number of nitriles is 1. The van der Waals surface area contributed by atoms with Crippen molar-refractivity contribution in [2.45, 2.75) is 31.7 Å². The molecule has 0 unspecified atom stereocenters. The summed E-state index contributed by atoms with van der Waals surface area (Å²) in [6.45, 7) is 3.35. The summed E-state index contributed by atoms with van der Waals surface area (Å²) in [6.07, 6.45) is 3.17. The number of nitrogens with one attached hydrogen (secondary N) is 1. The number of hydrogen-bond donors (Lipinski definition) is 2. The zero-order valence-electron chi connectivity index (χ0n) is 17.8. The lowest BCUT2D eigenvalue weighted by Gasteiger charge is -2.41. The van der Waals surface area contributed by atoms with Crippen molar-refractivity contribution in [2.75, 3.05) is 23.3 Å². The zero-order valence-corrected chi connectivity index (χ0v) is 17.8. The van der Waals surface area contributed by atoms with Gasteiger partial charge in [-0.1, -0.05) is 6.07 Å². The predicted octanol–water partition coefficient (Wildman–Crippen LogP) is 3.48. The number of carbonyl (C=O) groups excluding carboxylic acids is 1. The largest absolute Gasteiger partial charge is 0.365 e. The number of carbonyl (C=O) groups is 1. The number of benzene rings is 1. The molecule has 3 aromatic rings. The van der Waals surface area contributed by atoms with Gasteiger partial charge in [-0.05, 0) is 56.2 Å². The number of amides is 1. The number of primary amides is 1. The smallest absolute Gasteiger partial charge is 0.254 e. The summed E-state index contributed by atoms with van der Waals surface area (Å²) in [7, 11) is 0. The number of rotatable bonds is 6. The van der Waals surface area contributed by atoms with Gasteiger partial charge in [0.15, 0.2) is 5.82 Å². The van der Waals surface area contributed by atoms with Crippen LogP contribution in [0.3, 0.4) is 0 Å². The highest BCUT2D eigenvalue weighted by Crippen LogP contribution is 2.36. The van der Waals surface area contributed by atoms with Crippen molar-refractivity contribution in [3.63, 3.8) is 0 Å². The minimum Gasteiger partial charge on any atom is -0.365 e. The first-order chi connectivity index (χ1) is 15.4. The van der Waals surface area contributed by atoms with Gasteiger partial charge in [0.2, 0.25) is 0 Å². The van der Waals surface area contributed by atoms with E-state index in [2.05, 4.69) is 26.4 Å². The van der Waals surface area contributed by atoms with Crippen molar-refractivity contribution < 1.29 is 9.18 Å². The van der Waals surface area contributed by atoms with Crippen LogP contribution >= 0.6 is 0 Å². The molecular formula is C23H24FN7O. The van der Waals surface area contributed by atoms with E-state index >= 15 is 0 Å². The summed E-state index contributed by atoms with van der Waals surface area (Å²) in [5.74, 6) is 0.199. The van der Waals surface area contributed by atoms with Crippen LogP contribution in [0.2, 0.25) is 0 Å². The number of nitrogens with zero attached hydrogens (tertiary/aromatic N) is 5. The molecule has 1 aliphatic rings. The van der Waals surface area contributed by atoms with Crippen molar-refractivity contribution in [1.82, 2.24) is 14.8 Å². The molecule has 3 heterocycles. The van der Waals surface area contributed by atoms with Crippen LogP contribution < -0.4 is 16.0 Å². The second-order valence-electron chi connectivity index (χ2n) is 8.02. The van der Waals surface area contributed by atoms with Crippen LogP contribution in [0.15, 0.2) is 48.7 Å². The molecule has 1 fully saturated rings. The van der Waals surface area contributed by atoms with Gasteiger partial charge >= 0.3 is 0 Å². The minimum absolute atomic E-state index is 0.217. The van der Waals surface area contributed by atoms with Crippen LogP contribution in [0.25, 0.3) is 0 Å². The molecule has 1 aromatic carbocycles. The zero-order chi connectivity index (χ0) is 22.7. The third-order valence-corrected chi connectivity index (χ3v) is 5.87. The van der Waals surface area contributed by atoms with Gasteiger partial charge in [0, 0.05) is 30.7 Å². The Morgan fingerprint density at radius 2 is 1.97 bits per heavy atom. The highest BCUT2D eigenvalue weighted by molar-refractivity contribution is 5.98. The number of piperidine rings is 1. The van der Waals surface area contributed by atoms with Crippen LogP contribution in [0.1, 0.15) is 35.3 Å². The molecule has 0 atom stereocenters. The van der Waals surface area contributed by atoms with Gasteiger partial charge in [-0.3, -0.25) is 9.48 Å². The normalized spacial score (nSPS) is 15.2. The molecule has 3 N–H and O–H groups in total. The van der Waals surface area contributed by atoms with Crippen molar-refractivity contribution in [3.8, 4) is 6.07 Å². The van der Waals surface area contributed by atoms with Gasteiger partial charge in [-0.25, -0.2) is 9.37 Å². The van der Waals surface area contributed by atoms with Crippen LogP contribution in [-0.4, -0.2) is 33.8 Å². The highest BCUT2D eigenvalue weighted by atomic mass is 19.1. The molecular weight excluding hydrogens is 409 g/mol. The average Bonchev–Trinajstić information content (AvgIpc) is 3.21. The fourth-order valence-electron chi connectivity index (χ4n) is 4.05. The second-order valence-corrected chi connectivity index (χ2v) is 8.02. The lowest BCUT2D eigenvalue weighted by atomic mass is 9.85. The first-order valence-electron chi connectivity index (χ1n) is 10.4. The maximum Gasteiger partial charge on any atom is 0.254 e. The molecule has 1 saturated heterocycles. The number of hydrogen-bond acceptors (Lipinski definition) is 6. The Hall–Kier alpha value is -3.93. The SMILES string of the molecule is Cc1cccc(N2CCC(CC#N)(n3cc(C(N)=O)c(Nc4ccc(F)cc4)n3)CC2)n1. The summed E-state index contributed by atoms with van der Waals surface area (Å²) in [5.41, 5.74) is 6.77. The summed E-state index contributed by atoms with van der Waals surface area (Å²) < 4.78 is 14.9. The third-order valence-electron chi connectivity index (χ3n) is 5.87. The van der Waals surface area contributed by atoms with E-state index in [1.54, 1.807) is 23.0 Å². The maximum atomic E-state index is 13.2. The fraction of sp³-hybridized carbons (Fsp3) is 0.304. The van der Waals surface area contributed by atoms with Crippen LogP contribution in [0.4, 0.5) is 21.7 Å². The standard InChI is InChI=1S/C23H24FN7O/c1-16-3-2-4-20(27-16)30-13-10-23(9-12-25,11-14-30)31-15-19(21(26)32)22(29-31)28-18-7-5-17(24)6-8-18/h2-8,15H,9-11,13-14H2,1H3,(H2,26,32)(H,28,29). The van der Waals surface area contributed by atoms with E-state index in [1.807, 2.05) is 25.1 Å². The van der Waals surface area contributed by atoms with Gasteiger partial charge in [-0.2, -0.15) is 10.4 Å². The second kappa shape index (κ2) is 8.67. The van der Waals surface area contributed by atoms with Crippen molar-refractivity contribution >= 4 is 23.2 Å². The number of anilines is 3. The minimum atomic E-state index is -0.630. The molecule has 8 nitrogen and oxygen atoms in total. The summed E-state index contributed by atoms with van der Waals surface area (Å²) in [5, 5.41) is 17.2. The molecule has 0 saturated carbocycles. The van der Waals surface area contributed by atoms with Crippen LogP contribution in [0.5, 0.6) is 0 Å². The Balaban J connectivity index is 1.61. The van der Waals surface area contributed by atoms with E-state index in [0.29, 0.717) is 31.6 Å². The predicted molar refractivity (Wildman–Crippen MR) is 119 cm³/mol.